The van der Waals surface area contributed by atoms with Gasteiger partial charge in [0.2, 0.25) is 0 Å². The van der Waals surface area contributed by atoms with Crippen molar-refractivity contribution in [3.63, 3.8) is 0 Å². The van der Waals surface area contributed by atoms with Crippen LogP contribution in [0, 0.1) is 0 Å². The van der Waals surface area contributed by atoms with Crippen LogP contribution >= 0.6 is 0 Å². The number of nitrogens with one attached hydrogen (secondary N) is 1. The minimum Gasteiger partial charge on any atom is -0.507 e. The number of carbonyl (C=O) groups excluding carboxylic acids is 1. The third kappa shape index (κ3) is 3.22. The number of phenolic OH excluding ortho intramolecular Hbond substituents is 2. The molecule has 110 valence electrons. The summed E-state index contributed by atoms with van der Waals surface area (Å²) in [6.45, 7) is 4.33. The van der Waals surface area contributed by atoms with Gasteiger partial charge in [-0.05, 0) is 37.9 Å². The predicted molar refractivity (Wildman–Crippen MR) is 77.0 cm³/mol. The average Bonchev–Trinajstić information content (AvgIpc) is 2.45. The first kappa shape index (κ1) is 14.7. The van der Waals surface area contributed by atoms with Crippen molar-refractivity contribution in [2.45, 2.75) is 32.2 Å². The molecular formula is C15H22N2O3. The summed E-state index contributed by atoms with van der Waals surface area (Å²) in [6, 6.07) is 4.65. The van der Waals surface area contributed by atoms with E-state index in [4.69, 9.17) is 0 Å². The summed E-state index contributed by atoms with van der Waals surface area (Å²) in [5.74, 6) is -0.638. The summed E-state index contributed by atoms with van der Waals surface area (Å²) >= 11 is 0. The smallest absolute Gasteiger partial charge is 0.261 e. The second-order valence-corrected chi connectivity index (χ2v) is 5.22. The number of amides is 1. The minimum atomic E-state index is -0.302. The number of likely N-dealkylation sites (tertiary alicyclic amines) is 1. The zero-order valence-corrected chi connectivity index (χ0v) is 11.8. The highest BCUT2D eigenvalue weighted by molar-refractivity contribution is 5.99. The molecule has 3 N–H and O–H groups in total. The Morgan fingerprint density at radius 3 is 2.75 bits per heavy atom. The third-order valence-corrected chi connectivity index (χ3v) is 3.63. The molecule has 5 heteroatoms. The van der Waals surface area contributed by atoms with Gasteiger partial charge in [-0.15, -0.1) is 0 Å². The van der Waals surface area contributed by atoms with Crippen LogP contribution in [0.2, 0.25) is 0 Å². The van der Waals surface area contributed by atoms with Crippen molar-refractivity contribution < 1.29 is 15.0 Å². The maximum absolute atomic E-state index is 12.4. The molecule has 1 aliphatic heterocycles. The number of hydrogen-bond acceptors (Lipinski definition) is 4. The molecule has 1 fully saturated rings. The quantitative estimate of drug-likeness (QED) is 0.784. The molecule has 0 saturated carbocycles. The van der Waals surface area contributed by atoms with E-state index >= 15 is 0 Å². The van der Waals surface area contributed by atoms with Gasteiger partial charge in [0.05, 0.1) is 0 Å². The van der Waals surface area contributed by atoms with Crippen LogP contribution < -0.4 is 5.32 Å². The molecule has 1 heterocycles. The molecule has 1 atom stereocenters. The highest BCUT2D eigenvalue weighted by Crippen LogP contribution is 2.28. The van der Waals surface area contributed by atoms with Crippen molar-refractivity contribution in [2.75, 3.05) is 19.6 Å². The summed E-state index contributed by atoms with van der Waals surface area (Å²) in [6.07, 6.45) is 3.04. The van der Waals surface area contributed by atoms with Crippen LogP contribution in [0.3, 0.4) is 0 Å². The largest absolute Gasteiger partial charge is 0.507 e. The van der Waals surface area contributed by atoms with E-state index in [2.05, 4.69) is 12.2 Å². The summed E-state index contributed by atoms with van der Waals surface area (Å²) < 4.78 is 0. The summed E-state index contributed by atoms with van der Waals surface area (Å²) in [5, 5.41) is 23.0. The van der Waals surface area contributed by atoms with Gasteiger partial charge in [-0.3, -0.25) is 4.79 Å². The van der Waals surface area contributed by atoms with Crippen molar-refractivity contribution in [1.82, 2.24) is 10.2 Å². The van der Waals surface area contributed by atoms with Crippen molar-refractivity contribution in [1.29, 1.82) is 0 Å². The molecule has 1 saturated heterocycles. The molecule has 1 amide bonds. The van der Waals surface area contributed by atoms with Crippen LogP contribution in [0.25, 0.3) is 0 Å². The highest BCUT2D eigenvalue weighted by atomic mass is 16.3. The van der Waals surface area contributed by atoms with Gasteiger partial charge in [0.15, 0.2) is 0 Å². The van der Waals surface area contributed by atoms with Crippen LogP contribution in [0.4, 0.5) is 0 Å². The molecule has 1 aliphatic rings. The lowest BCUT2D eigenvalue weighted by molar-refractivity contribution is 0.0689. The topological polar surface area (TPSA) is 72.8 Å². The van der Waals surface area contributed by atoms with E-state index in [1.54, 1.807) is 4.90 Å². The molecule has 1 aromatic carbocycles. The van der Waals surface area contributed by atoms with Crippen molar-refractivity contribution in [2.24, 2.45) is 0 Å². The number of piperidine rings is 1. The van der Waals surface area contributed by atoms with Crippen molar-refractivity contribution in [3.05, 3.63) is 23.8 Å². The predicted octanol–water partition coefficient (Wildman–Crippen LogP) is 1.70. The Balaban J connectivity index is 2.08. The lowest BCUT2D eigenvalue weighted by Crippen LogP contribution is -2.48. The molecule has 2 rings (SSSR count). The fourth-order valence-corrected chi connectivity index (χ4v) is 2.58. The Bertz CT molecular complexity index is 456. The third-order valence-electron chi connectivity index (χ3n) is 3.63. The lowest BCUT2D eigenvalue weighted by atomic mass is 10.0. The Kier molecular flexibility index (Phi) is 4.84. The summed E-state index contributed by atoms with van der Waals surface area (Å²) in [5.41, 5.74) is 0.00337. The maximum atomic E-state index is 12.4. The molecule has 0 aromatic heterocycles. The van der Waals surface area contributed by atoms with Crippen LogP contribution in [-0.2, 0) is 0 Å². The van der Waals surface area contributed by atoms with Gasteiger partial charge >= 0.3 is 0 Å². The summed E-state index contributed by atoms with van der Waals surface area (Å²) in [7, 11) is 0. The van der Waals surface area contributed by atoms with E-state index in [1.165, 1.54) is 18.2 Å². The van der Waals surface area contributed by atoms with Gasteiger partial charge in [-0.25, -0.2) is 0 Å². The highest BCUT2D eigenvalue weighted by Gasteiger charge is 2.27. The number of rotatable bonds is 4. The number of aromatic hydroxyl groups is 2. The van der Waals surface area contributed by atoms with E-state index in [-0.39, 0.29) is 23.0 Å². The fourth-order valence-electron chi connectivity index (χ4n) is 2.58. The number of phenols is 2. The lowest BCUT2D eigenvalue weighted by Gasteiger charge is -2.33. The zero-order chi connectivity index (χ0) is 14.5. The van der Waals surface area contributed by atoms with E-state index in [9.17, 15) is 15.0 Å². The average molecular weight is 278 g/mol. The molecule has 20 heavy (non-hydrogen) atoms. The normalized spacial score (nSPS) is 19.1. The minimum absolute atomic E-state index is 0.00337. The van der Waals surface area contributed by atoms with Crippen LogP contribution in [0.15, 0.2) is 18.2 Å². The van der Waals surface area contributed by atoms with Crippen LogP contribution in [0.5, 0.6) is 11.5 Å². The van der Waals surface area contributed by atoms with E-state index in [0.717, 1.165) is 25.8 Å². The molecule has 0 radical (unpaired) electrons. The van der Waals surface area contributed by atoms with Gasteiger partial charge < -0.3 is 20.4 Å². The SMILES string of the molecule is CCCNC1CCCN(C(=O)c2c(O)cccc2O)C1. The molecule has 0 spiro atoms. The fraction of sp³-hybridized carbons (Fsp3) is 0.533. The summed E-state index contributed by atoms with van der Waals surface area (Å²) in [4.78, 5) is 14.1. The van der Waals surface area contributed by atoms with E-state index in [0.29, 0.717) is 19.1 Å². The van der Waals surface area contributed by atoms with Gasteiger partial charge in [0.25, 0.3) is 5.91 Å². The zero-order valence-electron chi connectivity index (χ0n) is 11.8. The first-order valence-corrected chi connectivity index (χ1v) is 7.17. The van der Waals surface area contributed by atoms with Crippen LogP contribution in [-0.4, -0.2) is 46.7 Å². The van der Waals surface area contributed by atoms with Gasteiger partial charge in [0, 0.05) is 19.1 Å². The first-order valence-electron chi connectivity index (χ1n) is 7.17. The van der Waals surface area contributed by atoms with Gasteiger partial charge in [-0.2, -0.15) is 0 Å². The van der Waals surface area contributed by atoms with Crippen LogP contribution in [0.1, 0.15) is 36.5 Å². The van der Waals surface area contributed by atoms with Gasteiger partial charge in [0.1, 0.15) is 17.1 Å². The maximum Gasteiger partial charge on any atom is 0.261 e. The molecule has 0 bridgehead atoms. The number of hydrogen-bond donors (Lipinski definition) is 3. The molecule has 1 aromatic rings. The molecular weight excluding hydrogens is 256 g/mol. The monoisotopic (exact) mass is 278 g/mol. The first-order chi connectivity index (χ1) is 9.63. The molecule has 5 nitrogen and oxygen atoms in total. The Hall–Kier alpha value is -1.75. The van der Waals surface area contributed by atoms with Gasteiger partial charge in [-0.1, -0.05) is 13.0 Å². The number of nitrogens with zero attached hydrogens (tertiary/aromatic N) is 1. The molecule has 1 unspecified atom stereocenters. The van der Waals surface area contributed by atoms with E-state index < -0.39 is 0 Å². The van der Waals surface area contributed by atoms with Crippen molar-refractivity contribution in [3.8, 4) is 11.5 Å². The second-order valence-electron chi connectivity index (χ2n) is 5.22. The van der Waals surface area contributed by atoms with E-state index in [1.807, 2.05) is 0 Å². The Morgan fingerprint density at radius 1 is 1.40 bits per heavy atom. The second kappa shape index (κ2) is 6.61. The Labute approximate surface area is 119 Å². The molecule has 0 aliphatic carbocycles. The Morgan fingerprint density at radius 2 is 2.10 bits per heavy atom. The standard InChI is InChI=1S/C15H22N2O3/c1-2-8-16-11-5-4-9-17(10-11)15(20)14-12(18)6-3-7-13(14)19/h3,6-7,11,16,18-19H,2,4-5,8-10H2,1H3. The number of carbonyl (C=O) groups is 1. The van der Waals surface area contributed by atoms with Crippen molar-refractivity contribution >= 4 is 5.91 Å². The number of benzene rings is 1.